The Labute approximate surface area is 107 Å². The molecule has 0 aliphatic carbocycles. The Morgan fingerprint density at radius 1 is 1.22 bits per heavy atom. The maximum atomic E-state index is 11.9. The van der Waals surface area contributed by atoms with Crippen molar-refractivity contribution in [1.82, 2.24) is 16.0 Å². The molecular weight excluding hydrogens is 230 g/mol. The molecule has 0 aromatic heterocycles. The van der Waals surface area contributed by atoms with Gasteiger partial charge in [-0.25, -0.2) is 0 Å². The maximum Gasteiger partial charge on any atom is 0.244 e. The second-order valence-corrected chi connectivity index (χ2v) is 4.01. The van der Waals surface area contributed by atoms with Gasteiger partial charge < -0.3 is 16.0 Å². The van der Waals surface area contributed by atoms with Crippen LogP contribution in [0.5, 0.6) is 0 Å². The fraction of sp³-hybridized carbons (Fsp3) is 0.385. The topological polar surface area (TPSA) is 70.2 Å². The third-order valence-corrected chi connectivity index (χ3v) is 2.41. The van der Waals surface area contributed by atoms with Gasteiger partial charge in [0.1, 0.15) is 6.04 Å². The number of amides is 2. The monoisotopic (exact) mass is 249 g/mol. The highest BCUT2D eigenvalue weighted by Gasteiger charge is 2.17. The highest BCUT2D eigenvalue weighted by Crippen LogP contribution is 1.97. The van der Waals surface area contributed by atoms with Crippen molar-refractivity contribution in [3.63, 3.8) is 0 Å². The smallest absolute Gasteiger partial charge is 0.244 e. The van der Waals surface area contributed by atoms with Gasteiger partial charge in [0.2, 0.25) is 11.8 Å². The van der Waals surface area contributed by atoms with Gasteiger partial charge in [-0.05, 0) is 12.6 Å². The standard InChI is InChI=1S/C13H19N3O2/c1-10(17)16-12(9-14-2)13(18)15-8-11-6-4-3-5-7-11/h3-7,12,14H,8-9H2,1-2H3,(H,15,18)(H,16,17)/t12-/m0/s1. The molecule has 5 heteroatoms. The summed E-state index contributed by atoms with van der Waals surface area (Å²) in [6, 6.07) is 9.08. The SMILES string of the molecule is CNC[C@H](NC(C)=O)C(=O)NCc1ccccc1. The third-order valence-electron chi connectivity index (χ3n) is 2.41. The van der Waals surface area contributed by atoms with Gasteiger partial charge in [-0.2, -0.15) is 0 Å². The van der Waals surface area contributed by atoms with Crippen LogP contribution in [0, 0.1) is 0 Å². The second-order valence-electron chi connectivity index (χ2n) is 4.01. The van der Waals surface area contributed by atoms with E-state index in [9.17, 15) is 9.59 Å². The van der Waals surface area contributed by atoms with E-state index in [-0.39, 0.29) is 11.8 Å². The summed E-state index contributed by atoms with van der Waals surface area (Å²) in [7, 11) is 1.74. The summed E-state index contributed by atoms with van der Waals surface area (Å²) in [5, 5.41) is 8.28. The summed E-state index contributed by atoms with van der Waals surface area (Å²) in [4.78, 5) is 22.9. The van der Waals surface area contributed by atoms with Crippen molar-refractivity contribution < 1.29 is 9.59 Å². The van der Waals surface area contributed by atoms with Gasteiger partial charge in [0.05, 0.1) is 0 Å². The number of rotatable bonds is 6. The van der Waals surface area contributed by atoms with Gasteiger partial charge in [0, 0.05) is 20.0 Å². The van der Waals surface area contributed by atoms with Crippen molar-refractivity contribution >= 4 is 11.8 Å². The van der Waals surface area contributed by atoms with E-state index in [1.54, 1.807) is 7.05 Å². The predicted molar refractivity (Wildman–Crippen MR) is 69.8 cm³/mol. The van der Waals surface area contributed by atoms with Crippen molar-refractivity contribution in [1.29, 1.82) is 0 Å². The summed E-state index contributed by atoms with van der Waals surface area (Å²) < 4.78 is 0. The molecule has 0 saturated heterocycles. The molecule has 0 aliphatic rings. The minimum Gasteiger partial charge on any atom is -0.350 e. The highest BCUT2D eigenvalue weighted by atomic mass is 16.2. The molecule has 0 saturated carbocycles. The maximum absolute atomic E-state index is 11.9. The van der Waals surface area contributed by atoms with E-state index < -0.39 is 6.04 Å². The Morgan fingerprint density at radius 3 is 2.44 bits per heavy atom. The zero-order valence-electron chi connectivity index (χ0n) is 10.7. The van der Waals surface area contributed by atoms with Crippen LogP contribution in [-0.2, 0) is 16.1 Å². The molecule has 0 unspecified atom stereocenters. The lowest BCUT2D eigenvalue weighted by Gasteiger charge is -2.17. The molecule has 0 heterocycles. The van der Waals surface area contributed by atoms with Crippen molar-refractivity contribution in [2.45, 2.75) is 19.5 Å². The minimum absolute atomic E-state index is 0.191. The fourth-order valence-electron chi connectivity index (χ4n) is 1.57. The molecule has 1 rings (SSSR count). The number of carbonyl (C=O) groups is 2. The zero-order chi connectivity index (χ0) is 13.4. The van der Waals surface area contributed by atoms with Crippen LogP contribution in [0.2, 0.25) is 0 Å². The third kappa shape index (κ3) is 4.97. The number of hydrogen-bond donors (Lipinski definition) is 3. The van der Waals surface area contributed by atoms with Gasteiger partial charge in [-0.1, -0.05) is 30.3 Å². The molecule has 0 aliphatic heterocycles. The van der Waals surface area contributed by atoms with Crippen LogP contribution >= 0.6 is 0 Å². The van der Waals surface area contributed by atoms with Crippen LogP contribution in [0.3, 0.4) is 0 Å². The normalized spacial score (nSPS) is 11.7. The van der Waals surface area contributed by atoms with Gasteiger partial charge in [-0.15, -0.1) is 0 Å². The number of hydrogen-bond acceptors (Lipinski definition) is 3. The molecule has 18 heavy (non-hydrogen) atoms. The second kappa shape index (κ2) is 7.45. The number of nitrogens with one attached hydrogen (secondary N) is 3. The van der Waals surface area contributed by atoms with E-state index in [0.717, 1.165) is 5.56 Å². The Morgan fingerprint density at radius 2 is 1.89 bits per heavy atom. The lowest BCUT2D eigenvalue weighted by atomic mass is 10.2. The van der Waals surface area contributed by atoms with Crippen LogP contribution in [-0.4, -0.2) is 31.4 Å². The number of carbonyl (C=O) groups excluding carboxylic acids is 2. The van der Waals surface area contributed by atoms with Crippen molar-refractivity contribution in [3.8, 4) is 0 Å². The van der Waals surface area contributed by atoms with Crippen molar-refractivity contribution in [3.05, 3.63) is 35.9 Å². The summed E-state index contributed by atoms with van der Waals surface area (Å²) in [5.74, 6) is -0.409. The molecular formula is C13H19N3O2. The van der Waals surface area contributed by atoms with Crippen LogP contribution < -0.4 is 16.0 Å². The lowest BCUT2D eigenvalue weighted by molar-refractivity contribution is -0.128. The van der Waals surface area contributed by atoms with E-state index in [4.69, 9.17) is 0 Å². The predicted octanol–water partition coefficient (Wildman–Crippen LogP) is 0.0269. The van der Waals surface area contributed by atoms with Crippen molar-refractivity contribution in [2.24, 2.45) is 0 Å². The fourth-order valence-corrected chi connectivity index (χ4v) is 1.57. The van der Waals surface area contributed by atoms with Gasteiger partial charge in [0.15, 0.2) is 0 Å². The first-order valence-corrected chi connectivity index (χ1v) is 5.87. The molecule has 1 aromatic rings. The molecule has 5 nitrogen and oxygen atoms in total. The Balaban J connectivity index is 2.48. The average molecular weight is 249 g/mol. The van der Waals surface area contributed by atoms with Crippen molar-refractivity contribution in [2.75, 3.05) is 13.6 Å². The first-order chi connectivity index (χ1) is 8.63. The minimum atomic E-state index is -0.545. The van der Waals surface area contributed by atoms with E-state index in [1.807, 2.05) is 30.3 Å². The average Bonchev–Trinajstić information content (AvgIpc) is 2.36. The van der Waals surface area contributed by atoms with Crippen LogP contribution in [0.25, 0.3) is 0 Å². The molecule has 98 valence electrons. The van der Waals surface area contributed by atoms with E-state index in [0.29, 0.717) is 13.1 Å². The van der Waals surface area contributed by atoms with Crippen LogP contribution in [0.15, 0.2) is 30.3 Å². The lowest BCUT2D eigenvalue weighted by Crippen LogP contribution is -2.50. The van der Waals surface area contributed by atoms with Crippen LogP contribution in [0.1, 0.15) is 12.5 Å². The molecule has 2 amide bonds. The quantitative estimate of drug-likeness (QED) is 0.666. The zero-order valence-corrected chi connectivity index (χ0v) is 10.7. The Hall–Kier alpha value is -1.88. The molecule has 0 spiro atoms. The molecule has 0 bridgehead atoms. The highest BCUT2D eigenvalue weighted by molar-refractivity contribution is 5.87. The number of benzene rings is 1. The van der Waals surface area contributed by atoms with Gasteiger partial charge >= 0.3 is 0 Å². The van der Waals surface area contributed by atoms with E-state index in [2.05, 4.69) is 16.0 Å². The summed E-state index contributed by atoms with van der Waals surface area (Å²) in [5.41, 5.74) is 1.02. The number of likely N-dealkylation sites (N-methyl/N-ethyl adjacent to an activating group) is 1. The van der Waals surface area contributed by atoms with Gasteiger partial charge in [-0.3, -0.25) is 9.59 Å². The summed E-state index contributed by atoms with van der Waals surface area (Å²) in [6.45, 7) is 2.26. The van der Waals surface area contributed by atoms with E-state index >= 15 is 0 Å². The molecule has 0 radical (unpaired) electrons. The molecule has 3 N–H and O–H groups in total. The summed E-state index contributed by atoms with van der Waals surface area (Å²) in [6.07, 6.45) is 0. The van der Waals surface area contributed by atoms with E-state index in [1.165, 1.54) is 6.92 Å². The molecule has 1 aromatic carbocycles. The van der Waals surface area contributed by atoms with Crippen LogP contribution in [0.4, 0.5) is 0 Å². The summed E-state index contributed by atoms with van der Waals surface area (Å²) >= 11 is 0. The first kappa shape index (κ1) is 14.2. The van der Waals surface area contributed by atoms with Gasteiger partial charge in [0.25, 0.3) is 0 Å². The molecule has 0 fully saturated rings. The first-order valence-electron chi connectivity index (χ1n) is 5.87. The largest absolute Gasteiger partial charge is 0.350 e. The molecule has 1 atom stereocenters. The Bertz CT molecular complexity index is 392. The Kier molecular flexibility index (Phi) is 5.87.